The van der Waals surface area contributed by atoms with Crippen LogP contribution in [0.4, 0.5) is 10.1 Å². The maximum atomic E-state index is 12.8. The largest absolute Gasteiger partial charge is 0.381 e. The van der Waals surface area contributed by atoms with E-state index in [0.29, 0.717) is 17.9 Å². The van der Waals surface area contributed by atoms with E-state index in [4.69, 9.17) is 4.74 Å². The summed E-state index contributed by atoms with van der Waals surface area (Å²) in [5, 5.41) is 6.96. The Bertz CT molecular complexity index is 360. The summed E-state index contributed by atoms with van der Waals surface area (Å²) < 4.78 is 18.4. The van der Waals surface area contributed by atoms with Gasteiger partial charge in [0.1, 0.15) is 5.82 Å². The van der Waals surface area contributed by atoms with E-state index >= 15 is 0 Å². The molecule has 2 aliphatic heterocycles. The molecule has 1 aromatic carbocycles. The molecule has 0 spiro atoms. The van der Waals surface area contributed by atoms with E-state index in [0.717, 1.165) is 32.0 Å². The highest BCUT2D eigenvalue weighted by Gasteiger charge is 2.36. The average molecular weight is 236 g/mol. The van der Waals surface area contributed by atoms with Gasteiger partial charge in [0.25, 0.3) is 0 Å². The summed E-state index contributed by atoms with van der Waals surface area (Å²) in [4.78, 5) is 0. The van der Waals surface area contributed by atoms with Crippen molar-refractivity contribution in [3.63, 3.8) is 0 Å². The number of anilines is 1. The third-order valence-electron chi connectivity index (χ3n) is 3.67. The van der Waals surface area contributed by atoms with Gasteiger partial charge in [0, 0.05) is 36.7 Å². The van der Waals surface area contributed by atoms with Crippen LogP contribution in [0.5, 0.6) is 0 Å². The maximum Gasteiger partial charge on any atom is 0.123 e. The molecule has 17 heavy (non-hydrogen) atoms. The van der Waals surface area contributed by atoms with Gasteiger partial charge < -0.3 is 15.4 Å². The van der Waals surface area contributed by atoms with Crippen molar-refractivity contribution in [3.8, 4) is 0 Å². The minimum absolute atomic E-state index is 0.190. The molecule has 2 bridgehead atoms. The van der Waals surface area contributed by atoms with Crippen molar-refractivity contribution in [1.82, 2.24) is 5.32 Å². The molecular weight excluding hydrogens is 219 g/mol. The van der Waals surface area contributed by atoms with E-state index in [1.165, 1.54) is 12.1 Å². The molecule has 0 aromatic heterocycles. The number of piperidine rings is 1. The second-order valence-electron chi connectivity index (χ2n) is 4.89. The van der Waals surface area contributed by atoms with Gasteiger partial charge in [-0.2, -0.15) is 0 Å². The van der Waals surface area contributed by atoms with Crippen LogP contribution < -0.4 is 10.6 Å². The third-order valence-corrected chi connectivity index (χ3v) is 3.67. The molecule has 0 radical (unpaired) electrons. The monoisotopic (exact) mass is 236 g/mol. The Kier molecular flexibility index (Phi) is 2.99. The van der Waals surface area contributed by atoms with Crippen LogP contribution in [0.25, 0.3) is 0 Å². The summed E-state index contributed by atoms with van der Waals surface area (Å²) in [6.07, 6.45) is 0. The van der Waals surface area contributed by atoms with E-state index in [-0.39, 0.29) is 5.82 Å². The standard InChI is InChI=1S/C13H17FN2O/c14-11-1-3-12(4-2-11)16-13-9-5-15-6-10(13)8-17-7-9/h1-4,9-10,13,15-16H,5-8H2/t9-,10?,13?/m0/s1. The third kappa shape index (κ3) is 2.28. The topological polar surface area (TPSA) is 33.3 Å². The molecule has 1 aromatic rings. The Hall–Kier alpha value is -1.13. The van der Waals surface area contributed by atoms with Crippen LogP contribution in [-0.4, -0.2) is 32.3 Å². The Morgan fingerprint density at radius 1 is 1.12 bits per heavy atom. The zero-order valence-corrected chi connectivity index (χ0v) is 9.66. The normalized spacial score (nSPS) is 32.2. The molecule has 0 aliphatic carbocycles. The maximum absolute atomic E-state index is 12.8. The summed E-state index contributed by atoms with van der Waals surface area (Å²) in [5.41, 5.74) is 0.996. The van der Waals surface area contributed by atoms with E-state index in [9.17, 15) is 4.39 Å². The van der Waals surface area contributed by atoms with Crippen LogP contribution in [-0.2, 0) is 4.74 Å². The van der Waals surface area contributed by atoms with Crippen LogP contribution >= 0.6 is 0 Å². The number of hydrogen-bond acceptors (Lipinski definition) is 3. The molecule has 3 atom stereocenters. The van der Waals surface area contributed by atoms with E-state index in [2.05, 4.69) is 10.6 Å². The molecule has 0 amide bonds. The predicted molar refractivity (Wildman–Crippen MR) is 64.5 cm³/mol. The average Bonchev–Trinajstić information content (AvgIpc) is 2.32. The zero-order chi connectivity index (χ0) is 11.7. The summed E-state index contributed by atoms with van der Waals surface area (Å²) in [5.74, 6) is 0.824. The quantitative estimate of drug-likeness (QED) is 0.816. The van der Waals surface area contributed by atoms with Gasteiger partial charge in [0.15, 0.2) is 0 Å². The molecule has 2 unspecified atom stereocenters. The smallest absolute Gasteiger partial charge is 0.123 e. The molecule has 0 saturated carbocycles. The molecule has 3 nitrogen and oxygen atoms in total. The van der Waals surface area contributed by atoms with Crippen molar-refractivity contribution in [1.29, 1.82) is 0 Å². The van der Waals surface area contributed by atoms with Gasteiger partial charge in [0.2, 0.25) is 0 Å². The lowest BCUT2D eigenvalue weighted by atomic mass is 9.83. The van der Waals surface area contributed by atoms with Gasteiger partial charge in [-0.3, -0.25) is 0 Å². The van der Waals surface area contributed by atoms with Crippen molar-refractivity contribution in [2.75, 3.05) is 31.6 Å². The molecule has 3 rings (SSSR count). The first-order valence-electron chi connectivity index (χ1n) is 6.13. The second kappa shape index (κ2) is 4.63. The van der Waals surface area contributed by atoms with Crippen molar-refractivity contribution in [3.05, 3.63) is 30.1 Å². The number of benzene rings is 1. The summed E-state index contributed by atoms with van der Waals surface area (Å²) >= 11 is 0. The number of rotatable bonds is 2. The van der Waals surface area contributed by atoms with E-state index in [1.807, 2.05) is 0 Å². The van der Waals surface area contributed by atoms with Crippen LogP contribution in [0.15, 0.2) is 24.3 Å². The Labute approximate surface area is 100 Å². The number of hydrogen-bond donors (Lipinski definition) is 2. The molecule has 2 saturated heterocycles. The fourth-order valence-electron chi connectivity index (χ4n) is 2.76. The van der Waals surface area contributed by atoms with Crippen LogP contribution in [0.3, 0.4) is 0 Å². The minimum Gasteiger partial charge on any atom is -0.381 e. The number of ether oxygens (including phenoxy) is 1. The van der Waals surface area contributed by atoms with Crippen molar-refractivity contribution in [2.45, 2.75) is 6.04 Å². The fraction of sp³-hybridized carbons (Fsp3) is 0.538. The van der Waals surface area contributed by atoms with Crippen LogP contribution in [0.1, 0.15) is 0 Å². The number of fused-ring (bicyclic) bond motifs is 2. The van der Waals surface area contributed by atoms with Gasteiger partial charge in [-0.15, -0.1) is 0 Å². The van der Waals surface area contributed by atoms with E-state index in [1.54, 1.807) is 12.1 Å². The first kappa shape index (κ1) is 11.0. The van der Waals surface area contributed by atoms with Gasteiger partial charge in [-0.25, -0.2) is 4.39 Å². The second-order valence-corrected chi connectivity index (χ2v) is 4.89. The summed E-state index contributed by atoms with van der Waals surface area (Å²) in [6, 6.07) is 7.03. The molecule has 2 fully saturated rings. The Balaban J connectivity index is 1.73. The Morgan fingerprint density at radius 2 is 1.76 bits per heavy atom. The van der Waals surface area contributed by atoms with Crippen molar-refractivity contribution >= 4 is 5.69 Å². The van der Waals surface area contributed by atoms with Crippen LogP contribution in [0.2, 0.25) is 0 Å². The molecule has 4 heteroatoms. The van der Waals surface area contributed by atoms with Gasteiger partial charge in [-0.05, 0) is 24.3 Å². The highest BCUT2D eigenvalue weighted by atomic mass is 19.1. The molecular formula is C13H17FN2O. The minimum atomic E-state index is -0.190. The fourth-order valence-corrected chi connectivity index (χ4v) is 2.76. The number of halogens is 1. The summed E-state index contributed by atoms with van der Waals surface area (Å²) in [7, 11) is 0. The first-order valence-corrected chi connectivity index (χ1v) is 6.13. The Morgan fingerprint density at radius 3 is 2.41 bits per heavy atom. The number of nitrogens with one attached hydrogen (secondary N) is 2. The lowest BCUT2D eigenvalue weighted by Gasteiger charge is -2.43. The van der Waals surface area contributed by atoms with Crippen molar-refractivity contribution < 1.29 is 9.13 Å². The van der Waals surface area contributed by atoms with Gasteiger partial charge in [0.05, 0.1) is 13.2 Å². The molecule has 2 heterocycles. The summed E-state index contributed by atoms with van der Waals surface area (Å²) in [6.45, 7) is 3.61. The highest BCUT2D eigenvalue weighted by molar-refractivity contribution is 5.44. The van der Waals surface area contributed by atoms with Gasteiger partial charge >= 0.3 is 0 Å². The first-order chi connectivity index (χ1) is 8.33. The van der Waals surface area contributed by atoms with Crippen molar-refractivity contribution in [2.24, 2.45) is 11.8 Å². The van der Waals surface area contributed by atoms with Crippen LogP contribution in [0, 0.1) is 17.7 Å². The lowest BCUT2D eigenvalue weighted by molar-refractivity contribution is -0.0106. The SMILES string of the molecule is Fc1ccc(NC2C3CNC[C@H]2COC3)cc1. The highest BCUT2D eigenvalue weighted by Crippen LogP contribution is 2.26. The lowest BCUT2D eigenvalue weighted by Crippen LogP contribution is -2.56. The van der Waals surface area contributed by atoms with E-state index < -0.39 is 0 Å². The molecule has 2 N–H and O–H groups in total. The predicted octanol–water partition coefficient (Wildman–Crippen LogP) is 1.47. The molecule has 92 valence electrons. The zero-order valence-electron chi connectivity index (χ0n) is 9.66. The molecule has 2 aliphatic rings. The van der Waals surface area contributed by atoms with Gasteiger partial charge in [-0.1, -0.05) is 0 Å².